The van der Waals surface area contributed by atoms with E-state index in [4.69, 9.17) is 0 Å². The third kappa shape index (κ3) is 5.43. The summed E-state index contributed by atoms with van der Waals surface area (Å²) in [6, 6.07) is 19.1. The highest BCUT2D eigenvalue weighted by molar-refractivity contribution is 6.80. The van der Waals surface area contributed by atoms with Gasteiger partial charge in [0.05, 0.1) is 8.07 Å². The Hall–Kier alpha value is -2.38. The van der Waals surface area contributed by atoms with Crippen molar-refractivity contribution >= 4 is 19.2 Å². The Labute approximate surface area is 264 Å². The molecular weight excluding hydrogens is 533 g/mol. The van der Waals surface area contributed by atoms with Crippen molar-refractivity contribution in [3.63, 3.8) is 0 Å². The summed E-state index contributed by atoms with van der Waals surface area (Å²) < 4.78 is 0. The average Bonchev–Trinajstić information content (AvgIpc) is 3.48. The number of hydrogen-bond acceptors (Lipinski definition) is 0. The van der Waals surface area contributed by atoms with E-state index in [1.54, 1.807) is 11.1 Å². The van der Waals surface area contributed by atoms with E-state index in [9.17, 15) is 0 Å². The van der Waals surface area contributed by atoms with E-state index >= 15 is 0 Å². The summed E-state index contributed by atoms with van der Waals surface area (Å²) >= 11 is 0. The van der Waals surface area contributed by atoms with Crippen molar-refractivity contribution in [2.75, 3.05) is 0 Å². The molecule has 0 N–H and O–H groups in total. The van der Waals surface area contributed by atoms with Crippen LogP contribution in [0.15, 0.2) is 85.0 Å². The van der Waals surface area contributed by atoms with Gasteiger partial charge in [-0.25, -0.2) is 0 Å². The van der Waals surface area contributed by atoms with E-state index in [1.165, 1.54) is 35.1 Å². The molecule has 0 aliphatic heterocycles. The van der Waals surface area contributed by atoms with Crippen molar-refractivity contribution in [2.24, 2.45) is 35.5 Å². The van der Waals surface area contributed by atoms with Crippen LogP contribution in [0.1, 0.15) is 90.5 Å². The summed E-state index contributed by atoms with van der Waals surface area (Å²) in [5.41, 5.74) is 10.9. The minimum atomic E-state index is -1.67. The van der Waals surface area contributed by atoms with Gasteiger partial charge >= 0.3 is 0 Å². The predicted molar refractivity (Wildman–Crippen MR) is 191 cm³/mol. The van der Waals surface area contributed by atoms with E-state index in [0.717, 1.165) is 22.9 Å². The first-order chi connectivity index (χ1) is 20.2. The van der Waals surface area contributed by atoms with E-state index < -0.39 is 8.07 Å². The molecule has 0 nitrogen and oxygen atoms in total. The van der Waals surface area contributed by atoms with Crippen molar-refractivity contribution in [1.82, 2.24) is 0 Å². The Morgan fingerprint density at radius 3 is 1.23 bits per heavy atom. The van der Waals surface area contributed by atoms with Crippen LogP contribution in [0.2, 0.25) is 24.2 Å². The van der Waals surface area contributed by atoms with Gasteiger partial charge in [0.1, 0.15) is 0 Å². The Morgan fingerprint density at radius 2 is 0.907 bits per heavy atom. The average molecular weight is 589 g/mol. The highest BCUT2D eigenvalue weighted by Gasteiger charge is 2.57. The van der Waals surface area contributed by atoms with E-state index in [0.29, 0.717) is 23.7 Å². The summed E-state index contributed by atoms with van der Waals surface area (Å²) in [5.74, 6) is 4.22. The minimum absolute atomic E-state index is 0.193. The van der Waals surface area contributed by atoms with Crippen molar-refractivity contribution in [2.45, 2.75) is 103 Å². The molecular formula is C42H56Si. The van der Waals surface area contributed by atoms with E-state index in [1.807, 2.05) is 0 Å². The van der Waals surface area contributed by atoms with Crippen molar-refractivity contribution in [1.29, 1.82) is 0 Å². The largest absolute Gasteiger partial charge is 0.0808 e. The zero-order valence-corrected chi connectivity index (χ0v) is 29.6. The summed E-state index contributed by atoms with van der Waals surface area (Å²) in [4.78, 5) is 0. The maximum absolute atomic E-state index is 2.79. The molecule has 2 aromatic carbocycles. The van der Waals surface area contributed by atoms with Gasteiger partial charge in [0.25, 0.3) is 0 Å². The molecule has 43 heavy (non-hydrogen) atoms. The second kappa shape index (κ2) is 10.9. The SMILES string of the molecule is CC1CC2C(c3ccc(C(C)(C)C)cc3)=CC=CC2C1[Si](C)(C)C1C(C)CC2C(c3ccc(C(C)(C)C)cc3)=CC=CC21. The third-order valence-electron chi connectivity index (χ3n) is 12.1. The van der Waals surface area contributed by atoms with Crippen molar-refractivity contribution in [3.05, 3.63) is 107 Å². The Balaban J connectivity index is 1.26. The van der Waals surface area contributed by atoms with Crippen LogP contribution in [0.5, 0.6) is 0 Å². The second-order valence-corrected chi connectivity index (χ2v) is 22.3. The summed E-state index contributed by atoms with van der Waals surface area (Å²) in [6.45, 7) is 24.7. The Morgan fingerprint density at radius 1 is 0.558 bits per heavy atom. The number of fused-ring (bicyclic) bond motifs is 2. The van der Waals surface area contributed by atoms with Gasteiger partial charge in [0.2, 0.25) is 0 Å². The molecule has 2 saturated carbocycles. The fourth-order valence-electron chi connectivity index (χ4n) is 10.3. The quantitative estimate of drug-likeness (QED) is 0.312. The number of hydrogen-bond donors (Lipinski definition) is 0. The van der Waals surface area contributed by atoms with Gasteiger partial charge in [-0.1, -0.05) is 153 Å². The molecule has 0 saturated heterocycles. The highest BCUT2D eigenvalue weighted by Crippen LogP contribution is 2.64. The first-order valence-electron chi connectivity index (χ1n) is 17.2. The van der Waals surface area contributed by atoms with Gasteiger partial charge in [-0.3, -0.25) is 0 Å². The summed E-state index contributed by atoms with van der Waals surface area (Å²) in [7, 11) is -1.67. The lowest BCUT2D eigenvalue weighted by Gasteiger charge is -2.46. The molecule has 2 aromatic rings. The van der Waals surface area contributed by atoms with Gasteiger partial charge in [0, 0.05) is 0 Å². The zero-order valence-electron chi connectivity index (χ0n) is 28.6. The first-order valence-corrected chi connectivity index (χ1v) is 20.3. The fourth-order valence-corrected chi connectivity index (χ4v) is 16.6. The van der Waals surface area contributed by atoms with Crippen LogP contribution in [0.25, 0.3) is 11.1 Å². The predicted octanol–water partition coefficient (Wildman–Crippen LogP) is 11.9. The maximum atomic E-state index is 2.79. The molecule has 6 rings (SSSR count). The van der Waals surface area contributed by atoms with Crippen LogP contribution in [0, 0.1) is 35.5 Å². The molecule has 8 atom stereocenters. The van der Waals surface area contributed by atoms with Crippen LogP contribution in [-0.4, -0.2) is 8.07 Å². The monoisotopic (exact) mass is 588 g/mol. The third-order valence-corrected chi connectivity index (χ3v) is 17.5. The molecule has 0 amide bonds. The molecule has 0 radical (unpaired) electrons. The first kappa shape index (κ1) is 30.6. The van der Waals surface area contributed by atoms with E-state index in [-0.39, 0.29) is 10.8 Å². The lowest BCUT2D eigenvalue weighted by atomic mass is 9.80. The fraction of sp³-hybridized carbons (Fsp3) is 0.524. The molecule has 4 aliphatic rings. The van der Waals surface area contributed by atoms with Gasteiger partial charge < -0.3 is 0 Å². The molecule has 0 spiro atoms. The zero-order chi connectivity index (χ0) is 30.9. The topological polar surface area (TPSA) is 0 Å². The minimum Gasteiger partial charge on any atom is -0.0808 e. The van der Waals surface area contributed by atoms with E-state index in [2.05, 4.69) is 153 Å². The molecule has 8 unspecified atom stereocenters. The van der Waals surface area contributed by atoms with Crippen molar-refractivity contribution in [3.8, 4) is 0 Å². The second-order valence-electron chi connectivity index (χ2n) is 17.3. The summed E-state index contributed by atoms with van der Waals surface area (Å²) in [5, 5.41) is 0. The van der Waals surface area contributed by atoms with Crippen LogP contribution >= 0.6 is 0 Å². The number of benzene rings is 2. The standard InChI is InChI=1S/C42H56Si/c1-27-25-37-33(29-17-21-31(22-18-29)41(3,4)5)13-11-15-35(37)39(27)43(9,10)40-28(2)26-38-34(14-12-16-36(38)40)30-19-23-32(24-20-30)42(6,7)8/h11-24,27-28,35-40H,25-26H2,1-10H3. The van der Waals surface area contributed by atoms with Crippen molar-refractivity contribution < 1.29 is 0 Å². The number of allylic oxidation sites excluding steroid dienone is 8. The molecule has 2 fully saturated rings. The van der Waals surface area contributed by atoms with Gasteiger partial charge in [-0.15, -0.1) is 0 Å². The van der Waals surface area contributed by atoms with Gasteiger partial charge in [-0.2, -0.15) is 0 Å². The molecule has 0 bridgehead atoms. The van der Waals surface area contributed by atoms with Crippen LogP contribution in [0.3, 0.4) is 0 Å². The normalized spacial score (nSPS) is 32.3. The van der Waals surface area contributed by atoms with Gasteiger partial charge in [-0.05, 0) is 104 Å². The molecule has 4 aliphatic carbocycles. The summed E-state index contributed by atoms with van der Waals surface area (Å²) in [6.07, 6.45) is 17.6. The Kier molecular flexibility index (Phi) is 7.77. The molecule has 1 heteroatoms. The number of rotatable bonds is 4. The molecule has 228 valence electrons. The van der Waals surface area contributed by atoms with Crippen LogP contribution in [-0.2, 0) is 10.8 Å². The Bertz CT molecular complexity index is 1340. The van der Waals surface area contributed by atoms with Gasteiger partial charge in [0.15, 0.2) is 0 Å². The smallest absolute Gasteiger partial charge is 0.0553 e. The lowest BCUT2D eigenvalue weighted by molar-refractivity contribution is 0.495. The maximum Gasteiger partial charge on any atom is 0.0553 e. The van der Waals surface area contributed by atoms with Crippen LogP contribution < -0.4 is 0 Å². The molecule has 0 heterocycles. The lowest BCUT2D eigenvalue weighted by Crippen LogP contribution is -2.45. The highest BCUT2D eigenvalue weighted by atomic mass is 28.3. The van der Waals surface area contributed by atoms with Crippen LogP contribution in [0.4, 0.5) is 0 Å². The molecule has 0 aromatic heterocycles.